The summed E-state index contributed by atoms with van der Waals surface area (Å²) in [7, 11) is -4.02. The van der Waals surface area contributed by atoms with Crippen LogP contribution in [0.1, 0.15) is 33.0 Å². The number of sulfonamides is 1. The SMILES string of the molecule is CCC(C)(C)NC(=O)CN(Cc1ccco1)C(=O)CNS(=O)(=O)c1ccc(F)cc1. The summed E-state index contributed by atoms with van der Waals surface area (Å²) in [5.41, 5.74) is -0.444. The number of amides is 2. The van der Waals surface area contributed by atoms with Crippen LogP contribution in [-0.4, -0.2) is 43.8 Å². The fourth-order valence-electron chi connectivity index (χ4n) is 2.47. The molecule has 10 heteroatoms. The van der Waals surface area contributed by atoms with Crippen molar-refractivity contribution in [1.82, 2.24) is 14.9 Å². The number of nitrogens with zero attached hydrogens (tertiary/aromatic N) is 1. The molecule has 8 nitrogen and oxygen atoms in total. The molecule has 0 saturated heterocycles. The van der Waals surface area contributed by atoms with E-state index < -0.39 is 33.8 Å². The molecule has 0 saturated carbocycles. The molecule has 164 valence electrons. The zero-order valence-corrected chi connectivity index (χ0v) is 18.0. The largest absolute Gasteiger partial charge is 0.467 e. The van der Waals surface area contributed by atoms with Crippen LogP contribution in [0.15, 0.2) is 52.0 Å². The van der Waals surface area contributed by atoms with Crippen LogP contribution >= 0.6 is 0 Å². The first-order valence-electron chi connectivity index (χ1n) is 9.39. The second kappa shape index (κ2) is 9.86. The van der Waals surface area contributed by atoms with Crippen molar-refractivity contribution in [2.75, 3.05) is 13.1 Å². The summed E-state index contributed by atoms with van der Waals surface area (Å²) in [4.78, 5) is 26.1. The van der Waals surface area contributed by atoms with Crippen molar-refractivity contribution in [3.8, 4) is 0 Å². The van der Waals surface area contributed by atoms with Crippen LogP contribution in [0, 0.1) is 5.82 Å². The molecule has 2 N–H and O–H groups in total. The fraction of sp³-hybridized carbons (Fsp3) is 0.400. The van der Waals surface area contributed by atoms with Crippen LogP contribution in [0.4, 0.5) is 4.39 Å². The average molecular weight is 440 g/mol. The number of rotatable bonds is 10. The number of hydrogen-bond donors (Lipinski definition) is 2. The number of halogens is 1. The third-order valence-electron chi connectivity index (χ3n) is 4.51. The summed E-state index contributed by atoms with van der Waals surface area (Å²) >= 11 is 0. The minimum absolute atomic E-state index is 0.00405. The fourth-order valence-corrected chi connectivity index (χ4v) is 3.44. The van der Waals surface area contributed by atoms with E-state index in [0.29, 0.717) is 12.2 Å². The van der Waals surface area contributed by atoms with E-state index in [4.69, 9.17) is 4.42 Å². The van der Waals surface area contributed by atoms with E-state index in [1.807, 2.05) is 20.8 Å². The Morgan fingerprint density at radius 3 is 2.40 bits per heavy atom. The molecule has 2 amide bonds. The van der Waals surface area contributed by atoms with Crippen molar-refractivity contribution in [2.45, 2.75) is 44.2 Å². The van der Waals surface area contributed by atoms with Crippen LogP contribution in [0.5, 0.6) is 0 Å². The molecular weight excluding hydrogens is 413 g/mol. The Bertz CT molecular complexity index is 957. The highest BCUT2D eigenvalue weighted by Crippen LogP contribution is 2.11. The molecule has 0 spiro atoms. The van der Waals surface area contributed by atoms with E-state index in [-0.39, 0.29) is 23.9 Å². The van der Waals surface area contributed by atoms with Gasteiger partial charge in [-0.05, 0) is 56.7 Å². The summed E-state index contributed by atoms with van der Waals surface area (Å²) in [6.07, 6.45) is 2.14. The lowest BCUT2D eigenvalue weighted by molar-refractivity contribution is -0.136. The predicted octanol–water partition coefficient (Wildman–Crippen LogP) is 2.03. The number of carbonyl (C=O) groups is 2. The summed E-state index contributed by atoms with van der Waals surface area (Å²) < 4.78 is 45.1. The van der Waals surface area contributed by atoms with Crippen LogP contribution in [0.3, 0.4) is 0 Å². The predicted molar refractivity (Wildman–Crippen MR) is 108 cm³/mol. The highest BCUT2D eigenvalue weighted by molar-refractivity contribution is 7.89. The molecule has 2 aromatic rings. The third kappa shape index (κ3) is 6.96. The Hall–Kier alpha value is -2.72. The Labute approximate surface area is 175 Å². The molecule has 0 aliphatic heterocycles. The molecule has 0 unspecified atom stereocenters. The van der Waals surface area contributed by atoms with Gasteiger partial charge in [-0.15, -0.1) is 0 Å². The average Bonchev–Trinajstić information content (AvgIpc) is 3.18. The molecule has 0 fully saturated rings. The molecular formula is C20H26FN3O5S. The van der Waals surface area contributed by atoms with Gasteiger partial charge >= 0.3 is 0 Å². The maximum Gasteiger partial charge on any atom is 0.241 e. The Morgan fingerprint density at radius 2 is 1.83 bits per heavy atom. The number of hydrogen-bond acceptors (Lipinski definition) is 5. The van der Waals surface area contributed by atoms with Gasteiger partial charge in [0, 0.05) is 5.54 Å². The van der Waals surface area contributed by atoms with E-state index in [2.05, 4.69) is 10.0 Å². The van der Waals surface area contributed by atoms with Crippen LogP contribution in [-0.2, 0) is 26.2 Å². The lowest BCUT2D eigenvalue weighted by Gasteiger charge is -2.27. The highest BCUT2D eigenvalue weighted by atomic mass is 32.2. The van der Waals surface area contributed by atoms with Gasteiger partial charge in [-0.3, -0.25) is 9.59 Å². The molecule has 0 radical (unpaired) electrons. The second-order valence-electron chi connectivity index (χ2n) is 7.39. The molecule has 0 aliphatic carbocycles. The molecule has 1 aromatic heterocycles. The standard InChI is InChI=1S/C20H26FN3O5S/c1-4-20(2,3)23-18(25)14-24(13-16-6-5-11-29-16)19(26)12-22-30(27,28)17-9-7-15(21)8-10-17/h5-11,22H,4,12-14H2,1-3H3,(H,23,25). The van der Waals surface area contributed by atoms with Crippen molar-refractivity contribution in [3.05, 3.63) is 54.2 Å². The van der Waals surface area contributed by atoms with E-state index in [1.165, 1.54) is 11.2 Å². The molecule has 0 atom stereocenters. The second-order valence-corrected chi connectivity index (χ2v) is 9.16. The number of carbonyl (C=O) groups excluding carboxylic acids is 2. The minimum Gasteiger partial charge on any atom is -0.467 e. The first-order chi connectivity index (χ1) is 14.0. The van der Waals surface area contributed by atoms with Gasteiger partial charge in [0.05, 0.1) is 24.2 Å². The maximum atomic E-state index is 13.0. The first kappa shape index (κ1) is 23.6. The summed E-state index contributed by atoms with van der Waals surface area (Å²) in [5.74, 6) is -1.10. The van der Waals surface area contributed by atoms with Crippen molar-refractivity contribution in [3.63, 3.8) is 0 Å². The van der Waals surface area contributed by atoms with Gasteiger partial charge in [0.2, 0.25) is 21.8 Å². The highest BCUT2D eigenvalue weighted by Gasteiger charge is 2.24. The van der Waals surface area contributed by atoms with Gasteiger partial charge in [-0.2, -0.15) is 0 Å². The van der Waals surface area contributed by atoms with Gasteiger partial charge < -0.3 is 14.6 Å². The Morgan fingerprint density at radius 1 is 1.17 bits per heavy atom. The lowest BCUT2D eigenvalue weighted by atomic mass is 10.0. The molecule has 0 aliphatic rings. The number of nitrogens with one attached hydrogen (secondary N) is 2. The van der Waals surface area contributed by atoms with E-state index in [0.717, 1.165) is 24.3 Å². The van der Waals surface area contributed by atoms with E-state index >= 15 is 0 Å². The van der Waals surface area contributed by atoms with Crippen LogP contribution in [0.25, 0.3) is 0 Å². The van der Waals surface area contributed by atoms with Crippen LogP contribution in [0.2, 0.25) is 0 Å². The maximum absolute atomic E-state index is 13.0. The molecule has 1 heterocycles. The van der Waals surface area contributed by atoms with Gasteiger partial charge in [0.25, 0.3) is 0 Å². The Kier molecular flexibility index (Phi) is 7.74. The first-order valence-corrected chi connectivity index (χ1v) is 10.9. The zero-order valence-electron chi connectivity index (χ0n) is 17.1. The zero-order chi connectivity index (χ0) is 22.4. The molecule has 0 bridgehead atoms. The third-order valence-corrected chi connectivity index (χ3v) is 5.93. The lowest BCUT2D eigenvalue weighted by Crippen LogP contribution is -2.49. The summed E-state index contributed by atoms with van der Waals surface area (Å²) in [6, 6.07) is 7.53. The number of furan rings is 1. The summed E-state index contributed by atoms with van der Waals surface area (Å²) in [6.45, 7) is 4.83. The van der Waals surface area contributed by atoms with Gasteiger partial charge in [-0.25, -0.2) is 17.5 Å². The normalized spacial score (nSPS) is 11.9. The number of benzene rings is 1. The van der Waals surface area contributed by atoms with Gasteiger partial charge in [-0.1, -0.05) is 6.92 Å². The minimum atomic E-state index is -4.02. The van der Waals surface area contributed by atoms with Crippen molar-refractivity contribution >= 4 is 21.8 Å². The monoisotopic (exact) mass is 439 g/mol. The van der Waals surface area contributed by atoms with E-state index in [9.17, 15) is 22.4 Å². The van der Waals surface area contributed by atoms with E-state index in [1.54, 1.807) is 12.1 Å². The van der Waals surface area contributed by atoms with Crippen molar-refractivity contribution in [1.29, 1.82) is 0 Å². The molecule has 30 heavy (non-hydrogen) atoms. The quantitative estimate of drug-likeness (QED) is 0.589. The van der Waals surface area contributed by atoms with Gasteiger partial charge in [0.1, 0.15) is 18.1 Å². The Balaban J connectivity index is 2.08. The topological polar surface area (TPSA) is 109 Å². The molecule has 2 rings (SSSR count). The van der Waals surface area contributed by atoms with Crippen LogP contribution < -0.4 is 10.0 Å². The van der Waals surface area contributed by atoms with Gasteiger partial charge in [0.15, 0.2) is 0 Å². The van der Waals surface area contributed by atoms with Crippen molar-refractivity contribution in [2.24, 2.45) is 0 Å². The smallest absolute Gasteiger partial charge is 0.241 e. The summed E-state index contributed by atoms with van der Waals surface area (Å²) in [5, 5.41) is 2.84. The van der Waals surface area contributed by atoms with Crippen molar-refractivity contribution < 1.29 is 26.8 Å². The molecule has 1 aromatic carbocycles.